The van der Waals surface area contributed by atoms with Crippen molar-refractivity contribution in [3.8, 4) is 0 Å². The van der Waals surface area contributed by atoms with Crippen LogP contribution in [0.3, 0.4) is 0 Å². The Hall–Kier alpha value is -0.790. The van der Waals surface area contributed by atoms with E-state index >= 15 is 0 Å². The molecule has 0 spiro atoms. The molecule has 1 aliphatic rings. The summed E-state index contributed by atoms with van der Waals surface area (Å²) in [5, 5.41) is 3.13. The molecule has 1 N–H and O–H groups in total. The molecule has 1 fully saturated rings. The molecular formula is C7H11NO. The molecule has 0 atom stereocenters. The van der Waals surface area contributed by atoms with Gasteiger partial charge in [-0.1, -0.05) is 0 Å². The van der Waals surface area contributed by atoms with Crippen molar-refractivity contribution in [2.24, 2.45) is 0 Å². The summed E-state index contributed by atoms with van der Waals surface area (Å²) in [6.45, 7) is 2.60. The molecule has 0 bridgehead atoms. The Balaban J connectivity index is 2.49. The minimum atomic E-state index is 0.138. The van der Waals surface area contributed by atoms with E-state index < -0.39 is 0 Å². The first-order chi connectivity index (χ1) is 4.29. The van der Waals surface area contributed by atoms with E-state index in [1.54, 1.807) is 13.0 Å². The standard InChI is InChI=1S/C7H11NO/c1-6(9)5-7-3-2-4-8-7/h5,8H,2-4H2,1H3. The average molecular weight is 125 g/mol. The van der Waals surface area contributed by atoms with Gasteiger partial charge in [0.05, 0.1) is 0 Å². The van der Waals surface area contributed by atoms with Crippen LogP contribution in [0.1, 0.15) is 19.8 Å². The topological polar surface area (TPSA) is 29.1 Å². The number of allylic oxidation sites excluding steroid dienone is 2. The number of carbonyl (C=O) groups is 1. The number of carbonyl (C=O) groups excluding carboxylic acids is 1. The first kappa shape index (κ1) is 6.33. The molecule has 0 aromatic rings. The first-order valence-corrected chi connectivity index (χ1v) is 3.24. The van der Waals surface area contributed by atoms with Gasteiger partial charge in [-0.3, -0.25) is 4.79 Å². The van der Waals surface area contributed by atoms with Crippen molar-refractivity contribution in [2.45, 2.75) is 19.8 Å². The molecule has 0 aromatic heterocycles. The van der Waals surface area contributed by atoms with Crippen LogP contribution in [0.25, 0.3) is 0 Å². The Kier molecular flexibility index (Phi) is 1.88. The van der Waals surface area contributed by atoms with Crippen molar-refractivity contribution < 1.29 is 4.79 Å². The first-order valence-electron chi connectivity index (χ1n) is 3.24. The molecule has 2 heteroatoms. The highest BCUT2D eigenvalue weighted by atomic mass is 16.1. The third kappa shape index (κ3) is 1.88. The number of hydrogen-bond donors (Lipinski definition) is 1. The number of rotatable bonds is 1. The van der Waals surface area contributed by atoms with E-state index in [1.165, 1.54) is 6.42 Å². The molecular weight excluding hydrogens is 114 g/mol. The monoisotopic (exact) mass is 125 g/mol. The quantitative estimate of drug-likeness (QED) is 0.526. The fourth-order valence-electron chi connectivity index (χ4n) is 0.985. The van der Waals surface area contributed by atoms with Gasteiger partial charge in [-0.05, 0) is 25.8 Å². The molecule has 1 saturated heterocycles. The van der Waals surface area contributed by atoms with Gasteiger partial charge in [-0.2, -0.15) is 0 Å². The van der Waals surface area contributed by atoms with Gasteiger partial charge in [0.25, 0.3) is 0 Å². The lowest BCUT2D eigenvalue weighted by Gasteiger charge is -1.93. The molecule has 1 rings (SSSR count). The molecule has 0 amide bonds. The van der Waals surface area contributed by atoms with Crippen LogP contribution < -0.4 is 5.32 Å². The third-order valence-electron chi connectivity index (χ3n) is 1.35. The second-order valence-corrected chi connectivity index (χ2v) is 2.31. The fourth-order valence-corrected chi connectivity index (χ4v) is 0.985. The molecule has 0 aromatic carbocycles. The van der Waals surface area contributed by atoms with Crippen molar-refractivity contribution >= 4 is 5.78 Å². The zero-order valence-corrected chi connectivity index (χ0v) is 5.61. The summed E-state index contributed by atoms with van der Waals surface area (Å²) in [5.41, 5.74) is 1.10. The zero-order valence-electron chi connectivity index (χ0n) is 5.61. The summed E-state index contributed by atoms with van der Waals surface area (Å²) in [6.07, 6.45) is 3.88. The molecule has 0 saturated carbocycles. The van der Waals surface area contributed by atoms with Gasteiger partial charge in [0.15, 0.2) is 5.78 Å². The smallest absolute Gasteiger partial charge is 0.154 e. The summed E-state index contributed by atoms with van der Waals surface area (Å²) >= 11 is 0. The highest BCUT2D eigenvalue weighted by Gasteiger charge is 2.04. The summed E-state index contributed by atoms with van der Waals surface area (Å²) in [6, 6.07) is 0. The molecule has 1 heterocycles. The van der Waals surface area contributed by atoms with Gasteiger partial charge in [-0.15, -0.1) is 0 Å². The molecule has 0 aliphatic carbocycles. The van der Waals surface area contributed by atoms with Crippen molar-refractivity contribution in [2.75, 3.05) is 6.54 Å². The van der Waals surface area contributed by atoms with Gasteiger partial charge in [0.1, 0.15) is 0 Å². The molecule has 2 nitrogen and oxygen atoms in total. The maximum atomic E-state index is 10.5. The Labute approximate surface area is 54.9 Å². The van der Waals surface area contributed by atoms with Crippen molar-refractivity contribution in [3.63, 3.8) is 0 Å². The molecule has 1 aliphatic heterocycles. The number of ketones is 1. The van der Waals surface area contributed by atoms with Crippen LogP contribution in [0.4, 0.5) is 0 Å². The van der Waals surface area contributed by atoms with Crippen molar-refractivity contribution in [3.05, 3.63) is 11.8 Å². The SMILES string of the molecule is CC(=O)C=C1CCCN1. The van der Waals surface area contributed by atoms with Crippen LogP contribution in [0.2, 0.25) is 0 Å². The van der Waals surface area contributed by atoms with E-state index in [9.17, 15) is 4.79 Å². The van der Waals surface area contributed by atoms with Crippen molar-refractivity contribution in [1.29, 1.82) is 0 Å². The van der Waals surface area contributed by atoms with Gasteiger partial charge < -0.3 is 5.32 Å². The van der Waals surface area contributed by atoms with E-state index in [0.29, 0.717) is 0 Å². The fraction of sp³-hybridized carbons (Fsp3) is 0.571. The molecule has 50 valence electrons. The van der Waals surface area contributed by atoms with Gasteiger partial charge in [-0.25, -0.2) is 0 Å². The lowest BCUT2D eigenvalue weighted by molar-refractivity contribution is -0.112. The summed E-state index contributed by atoms with van der Waals surface area (Å²) in [7, 11) is 0. The van der Waals surface area contributed by atoms with Crippen LogP contribution in [0.5, 0.6) is 0 Å². The summed E-state index contributed by atoms with van der Waals surface area (Å²) < 4.78 is 0. The predicted octanol–water partition coefficient (Wildman–Crippen LogP) is 0.843. The van der Waals surface area contributed by atoms with E-state index in [2.05, 4.69) is 5.32 Å². The van der Waals surface area contributed by atoms with E-state index in [1.807, 2.05) is 0 Å². The Morgan fingerprint density at radius 2 is 2.56 bits per heavy atom. The molecule has 0 unspecified atom stereocenters. The summed E-state index contributed by atoms with van der Waals surface area (Å²) in [5.74, 6) is 0.138. The minimum Gasteiger partial charge on any atom is -0.388 e. The molecule has 9 heavy (non-hydrogen) atoms. The maximum absolute atomic E-state index is 10.5. The number of nitrogens with one attached hydrogen (secondary N) is 1. The van der Waals surface area contributed by atoms with E-state index in [0.717, 1.165) is 18.7 Å². The second-order valence-electron chi connectivity index (χ2n) is 2.31. The Bertz CT molecular complexity index is 141. The van der Waals surface area contributed by atoms with E-state index in [-0.39, 0.29) is 5.78 Å². The Morgan fingerprint density at radius 1 is 1.78 bits per heavy atom. The molecule has 0 radical (unpaired) electrons. The van der Waals surface area contributed by atoms with Crippen LogP contribution >= 0.6 is 0 Å². The highest BCUT2D eigenvalue weighted by molar-refractivity contribution is 5.87. The van der Waals surface area contributed by atoms with Crippen LogP contribution in [0.15, 0.2) is 11.8 Å². The van der Waals surface area contributed by atoms with E-state index in [4.69, 9.17) is 0 Å². The summed E-state index contributed by atoms with van der Waals surface area (Å²) in [4.78, 5) is 10.5. The third-order valence-corrected chi connectivity index (χ3v) is 1.35. The normalized spacial score (nSPS) is 22.1. The average Bonchev–Trinajstić information content (AvgIpc) is 2.15. The maximum Gasteiger partial charge on any atom is 0.154 e. The van der Waals surface area contributed by atoms with Gasteiger partial charge in [0, 0.05) is 12.2 Å². The lowest BCUT2D eigenvalue weighted by Crippen LogP contribution is -2.04. The van der Waals surface area contributed by atoms with Gasteiger partial charge >= 0.3 is 0 Å². The zero-order chi connectivity index (χ0) is 6.69. The van der Waals surface area contributed by atoms with Crippen LogP contribution in [0, 0.1) is 0 Å². The van der Waals surface area contributed by atoms with Gasteiger partial charge in [0.2, 0.25) is 0 Å². The lowest BCUT2D eigenvalue weighted by atomic mass is 10.3. The number of hydrogen-bond acceptors (Lipinski definition) is 2. The van der Waals surface area contributed by atoms with Crippen LogP contribution in [-0.2, 0) is 4.79 Å². The second kappa shape index (κ2) is 2.67. The van der Waals surface area contributed by atoms with Crippen molar-refractivity contribution in [1.82, 2.24) is 5.32 Å². The van der Waals surface area contributed by atoms with Crippen LogP contribution in [-0.4, -0.2) is 12.3 Å². The highest BCUT2D eigenvalue weighted by Crippen LogP contribution is 2.07. The largest absolute Gasteiger partial charge is 0.388 e. The Morgan fingerprint density at radius 3 is 3.00 bits per heavy atom. The minimum absolute atomic E-state index is 0.138. The predicted molar refractivity (Wildman–Crippen MR) is 36.0 cm³/mol.